The van der Waals surface area contributed by atoms with Crippen LogP contribution in [0.2, 0.25) is 0 Å². The van der Waals surface area contributed by atoms with Crippen LogP contribution in [-0.2, 0) is 27.3 Å². The molecule has 0 aliphatic rings. The number of rotatable bonds is 11. The Bertz CT molecular complexity index is 1490. The van der Waals surface area contributed by atoms with Gasteiger partial charge < -0.3 is 29.4 Å². The van der Waals surface area contributed by atoms with Crippen LogP contribution in [0, 0.1) is 11.7 Å². The van der Waals surface area contributed by atoms with Gasteiger partial charge in [-0.2, -0.15) is 0 Å². The number of ether oxygens (including phenoxy) is 1. The number of nitrogens with zero attached hydrogens (tertiary/aromatic N) is 4. The molecule has 0 saturated heterocycles. The van der Waals surface area contributed by atoms with Crippen molar-refractivity contribution in [3.05, 3.63) is 70.3 Å². The predicted molar refractivity (Wildman–Crippen MR) is 154 cm³/mol. The lowest BCUT2D eigenvalue weighted by molar-refractivity contribution is -0.125. The topological polar surface area (TPSA) is 130 Å². The zero-order valence-electron chi connectivity index (χ0n) is 24.2. The van der Waals surface area contributed by atoms with Crippen LogP contribution in [0.3, 0.4) is 0 Å². The molecule has 0 radical (unpaired) electrons. The van der Waals surface area contributed by atoms with E-state index in [4.69, 9.17) is 4.74 Å². The largest absolute Gasteiger partial charge is 0.436 e. The molecule has 0 spiro atoms. The maximum Gasteiger partial charge on any atom is 0.410 e. The van der Waals surface area contributed by atoms with Gasteiger partial charge in [-0.05, 0) is 49.5 Å². The van der Waals surface area contributed by atoms with E-state index in [-0.39, 0.29) is 31.0 Å². The Kier molecular flexibility index (Phi) is 10.4. The van der Waals surface area contributed by atoms with Gasteiger partial charge in [0.05, 0.1) is 24.0 Å². The van der Waals surface area contributed by atoms with Gasteiger partial charge in [0, 0.05) is 45.5 Å². The molecule has 3 aromatic heterocycles. The van der Waals surface area contributed by atoms with Gasteiger partial charge in [0.25, 0.3) is 11.5 Å². The molecule has 0 aliphatic carbocycles. The fraction of sp³-hybridized carbons (Fsp3) is 0.414. The molecule has 1 atom stereocenters. The molecule has 0 aromatic carbocycles. The van der Waals surface area contributed by atoms with Crippen molar-refractivity contribution in [1.29, 1.82) is 0 Å². The van der Waals surface area contributed by atoms with Crippen LogP contribution in [0.15, 0.2) is 47.5 Å². The first-order chi connectivity index (χ1) is 19.4. The number of pyridine rings is 2. The van der Waals surface area contributed by atoms with Crippen molar-refractivity contribution in [2.24, 2.45) is 5.92 Å². The highest BCUT2D eigenvalue weighted by molar-refractivity contribution is 5.95. The van der Waals surface area contributed by atoms with E-state index in [0.717, 1.165) is 5.69 Å². The van der Waals surface area contributed by atoms with Crippen LogP contribution < -0.4 is 10.9 Å². The first kappa shape index (κ1) is 31.1. The molecule has 0 aliphatic heterocycles. The van der Waals surface area contributed by atoms with Gasteiger partial charge in [-0.3, -0.25) is 19.4 Å². The lowest BCUT2D eigenvalue weighted by Crippen LogP contribution is -2.37. The molecule has 2 N–H and O–H groups in total. The zero-order chi connectivity index (χ0) is 30.3. The van der Waals surface area contributed by atoms with Crippen molar-refractivity contribution >= 4 is 34.5 Å². The van der Waals surface area contributed by atoms with Gasteiger partial charge in [0.15, 0.2) is 11.9 Å². The van der Waals surface area contributed by atoms with Crippen LogP contribution in [0.4, 0.5) is 14.9 Å². The highest BCUT2D eigenvalue weighted by atomic mass is 19.1. The Hall–Kier alpha value is -4.48. The number of fused-ring (bicyclic) bond motifs is 1. The summed E-state index contributed by atoms with van der Waals surface area (Å²) in [7, 11) is 6.21. The Morgan fingerprint density at radius 1 is 1.20 bits per heavy atom. The second-order valence-electron chi connectivity index (χ2n) is 10.6. The maximum atomic E-state index is 14.5. The van der Waals surface area contributed by atoms with Crippen molar-refractivity contribution in [2.45, 2.75) is 45.8 Å². The lowest BCUT2D eigenvalue weighted by Gasteiger charge is -2.19. The average molecular weight is 569 g/mol. The first-order valence-corrected chi connectivity index (χ1v) is 13.3. The van der Waals surface area contributed by atoms with E-state index in [0.29, 0.717) is 28.9 Å². The van der Waals surface area contributed by atoms with Crippen LogP contribution in [-0.4, -0.2) is 76.5 Å². The quantitative estimate of drug-likeness (QED) is 0.341. The fourth-order valence-electron chi connectivity index (χ4n) is 4.03. The summed E-state index contributed by atoms with van der Waals surface area (Å²) in [5.41, 5.74) is 1.44. The summed E-state index contributed by atoms with van der Waals surface area (Å²) < 4.78 is 21.2. The van der Waals surface area contributed by atoms with E-state index in [9.17, 15) is 23.6 Å². The van der Waals surface area contributed by atoms with Gasteiger partial charge in [-0.1, -0.05) is 19.9 Å². The molecule has 3 heterocycles. The number of nitrogens with one attached hydrogen (secondary N) is 2. The van der Waals surface area contributed by atoms with Crippen LogP contribution >= 0.6 is 0 Å². The summed E-state index contributed by atoms with van der Waals surface area (Å²) in [6.07, 6.45) is 4.84. The number of likely N-dealkylation sites (N-methyl/N-ethyl adjacent to an activating group) is 1. The number of H-pyrrole nitrogens is 1. The number of carbonyl (C=O) groups excluding carboxylic acids is 3. The summed E-state index contributed by atoms with van der Waals surface area (Å²) in [6, 6.07) is 4.70. The number of aromatic nitrogens is 3. The van der Waals surface area contributed by atoms with Crippen molar-refractivity contribution in [3.63, 3.8) is 0 Å². The molecule has 12 heteroatoms. The molecular weight excluding hydrogens is 531 g/mol. The molecule has 1 unspecified atom stereocenters. The minimum atomic E-state index is -1.21. The van der Waals surface area contributed by atoms with Crippen LogP contribution in [0.5, 0.6) is 0 Å². The normalized spacial score (nSPS) is 12.1. The predicted octanol–water partition coefficient (Wildman–Crippen LogP) is 3.54. The number of halogens is 1. The third-order valence-corrected chi connectivity index (χ3v) is 6.17. The van der Waals surface area contributed by atoms with Crippen molar-refractivity contribution in [3.8, 4) is 0 Å². The van der Waals surface area contributed by atoms with E-state index in [1.807, 2.05) is 0 Å². The number of hydrogen-bond acceptors (Lipinski definition) is 6. The number of anilines is 1. The summed E-state index contributed by atoms with van der Waals surface area (Å²) in [5.74, 6) is -1.03. The van der Waals surface area contributed by atoms with E-state index in [1.54, 1.807) is 38.5 Å². The third-order valence-electron chi connectivity index (χ3n) is 6.17. The SMILES string of the molecule is CC(C)Cc1ncc(F)c2cc(Cn3cccc(NC(=O)C(CCC=CC(=O)N(C)C)OC(=O)N(C)C)c3=O)[nH]c12. The number of carbonyl (C=O) groups is 3. The molecule has 0 saturated carbocycles. The van der Waals surface area contributed by atoms with Gasteiger partial charge in [0.1, 0.15) is 5.69 Å². The van der Waals surface area contributed by atoms with Gasteiger partial charge in [-0.15, -0.1) is 0 Å². The number of hydrogen-bond donors (Lipinski definition) is 2. The van der Waals surface area contributed by atoms with E-state index >= 15 is 0 Å². The summed E-state index contributed by atoms with van der Waals surface area (Å²) >= 11 is 0. The molecule has 0 bridgehead atoms. The van der Waals surface area contributed by atoms with Crippen molar-refractivity contribution in [1.82, 2.24) is 24.3 Å². The van der Waals surface area contributed by atoms with Crippen LogP contribution in [0.25, 0.3) is 10.9 Å². The molecular formula is C29H37FN6O5. The van der Waals surface area contributed by atoms with Gasteiger partial charge in [0.2, 0.25) is 5.91 Å². The lowest BCUT2D eigenvalue weighted by atomic mass is 10.1. The van der Waals surface area contributed by atoms with Crippen molar-refractivity contribution < 1.29 is 23.5 Å². The molecule has 3 aromatic rings. The van der Waals surface area contributed by atoms with E-state index in [2.05, 4.69) is 29.1 Å². The minimum absolute atomic E-state index is 0.00816. The van der Waals surface area contributed by atoms with Crippen molar-refractivity contribution in [2.75, 3.05) is 33.5 Å². The molecule has 0 fully saturated rings. The highest BCUT2D eigenvalue weighted by Crippen LogP contribution is 2.23. The summed E-state index contributed by atoms with van der Waals surface area (Å²) in [6.45, 7) is 4.20. The summed E-state index contributed by atoms with van der Waals surface area (Å²) in [4.78, 5) is 60.3. The smallest absolute Gasteiger partial charge is 0.410 e. The standard InChI is InChI=1S/C29H37FN6O5/c1-18(2)14-23-26-20(21(30)16-31-23)15-19(32-26)17-36-13-9-10-22(28(36)39)33-27(38)24(41-29(40)35(5)6)11-7-8-12-25(37)34(3)4/h8-10,12-13,15-16,18,24,32H,7,11,14,17H2,1-6H3,(H,33,38). The van der Waals surface area contributed by atoms with Crippen LogP contribution in [0.1, 0.15) is 38.1 Å². The molecule has 220 valence electrons. The van der Waals surface area contributed by atoms with Gasteiger partial charge >= 0.3 is 6.09 Å². The second-order valence-corrected chi connectivity index (χ2v) is 10.6. The molecule has 3 rings (SSSR count). The summed E-state index contributed by atoms with van der Waals surface area (Å²) in [5, 5.41) is 2.97. The number of allylic oxidation sites excluding steroid dienone is 1. The average Bonchev–Trinajstić information content (AvgIpc) is 3.34. The Morgan fingerprint density at radius 3 is 2.59 bits per heavy atom. The fourth-order valence-corrected chi connectivity index (χ4v) is 4.03. The number of amides is 3. The Labute approximate surface area is 238 Å². The monoisotopic (exact) mass is 568 g/mol. The molecule has 3 amide bonds. The highest BCUT2D eigenvalue weighted by Gasteiger charge is 2.24. The Morgan fingerprint density at radius 2 is 1.93 bits per heavy atom. The molecule has 11 nitrogen and oxygen atoms in total. The van der Waals surface area contributed by atoms with E-state index in [1.165, 1.54) is 46.8 Å². The number of aromatic amines is 1. The first-order valence-electron chi connectivity index (χ1n) is 13.3. The van der Waals surface area contributed by atoms with Gasteiger partial charge in [-0.25, -0.2) is 9.18 Å². The Balaban J connectivity index is 1.80. The minimum Gasteiger partial charge on any atom is -0.436 e. The van der Waals surface area contributed by atoms with E-state index < -0.39 is 29.5 Å². The third kappa shape index (κ3) is 8.26. The maximum absolute atomic E-state index is 14.5. The molecule has 41 heavy (non-hydrogen) atoms. The zero-order valence-corrected chi connectivity index (χ0v) is 24.2. The second kappa shape index (κ2) is 13.7.